The average Bonchev–Trinajstić information content (AvgIpc) is 2.67. The molecule has 0 radical (unpaired) electrons. The number of rotatable bonds is 4. The first kappa shape index (κ1) is 18.5. The Balaban J connectivity index is 2.31. The molecule has 2 unspecified atom stereocenters. The number of esters is 1. The third-order valence-electron chi connectivity index (χ3n) is 4.84. The van der Waals surface area contributed by atoms with E-state index in [0.29, 0.717) is 11.3 Å². The predicted octanol–water partition coefficient (Wildman–Crippen LogP) is 4.37. The molecular formula is C21H20N2O4. The van der Waals surface area contributed by atoms with E-state index in [-0.39, 0.29) is 5.69 Å². The van der Waals surface area contributed by atoms with Crippen molar-refractivity contribution in [3.63, 3.8) is 0 Å². The molecule has 0 saturated heterocycles. The lowest BCUT2D eigenvalue weighted by atomic mass is 9.73. The summed E-state index contributed by atoms with van der Waals surface area (Å²) in [6.45, 7) is 3.62. The van der Waals surface area contributed by atoms with Crippen molar-refractivity contribution in [2.24, 2.45) is 10.9 Å². The summed E-state index contributed by atoms with van der Waals surface area (Å²) in [6, 6.07) is 16.1. The molecule has 1 aliphatic rings. The number of para-hydroxylation sites is 1. The summed E-state index contributed by atoms with van der Waals surface area (Å²) < 4.78 is 5.02. The zero-order chi connectivity index (χ0) is 19.6. The molecule has 0 fully saturated rings. The first-order chi connectivity index (χ1) is 13.0. The van der Waals surface area contributed by atoms with Gasteiger partial charge in [-0.2, -0.15) is 0 Å². The number of carbonyl (C=O) groups excluding carboxylic acids is 1. The second-order valence-electron chi connectivity index (χ2n) is 6.41. The van der Waals surface area contributed by atoms with Crippen molar-refractivity contribution in [2.45, 2.75) is 19.8 Å². The number of nitro benzene ring substituents is 1. The highest BCUT2D eigenvalue weighted by Gasteiger charge is 2.42. The number of hydrogen-bond donors (Lipinski definition) is 0. The molecule has 0 N–H and O–H groups in total. The van der Waals surface area contributed by atoms with Crippen molar-refractivity contribution in [1.82, 2.24) is 0 Å². The van der Waals surface area contributed by atoms with Crippen LogP contribution in [0.5, 0.6) is 0 Å². The highest BCUT2D eigenvalue weighted by molar-refractivity contribution is 6.06. The van der Waals surface area contributed by atoms with Crippen molar-refractivity contribution in [3.05, 3.63) is 81.5 Å². The van der Waals surface area contributed by atoms with Gasteiger partial charge in [-0.05, 0) is 25.0 Å². The standard InChI is InChI=1S/C21H20N2O4/c1-13-18(15-9-5-4-6-10-15)20(19(14(2)22-13)21(24)27-3)16-11-7-8-12-17(16)23(25)26/h4-12,19-20H,1-3H3. The maximum Gasteiger partial charge on any atom is 0.315 e. The van der Waals surface area contributed by atoms with Crippen molar-refractivity contribution in [1.29, 1.82) is 0 Å². The lowest BCUT2D eigenvalue weighted by molar-refractivity contribution is -0.385. The number of hydrogen-bond acceptors (Lipinski definition) is 5. The maximum atomic E-state index is 12.6. The fourth-order valence-corrected chi connectivity index (χ4v) is 3.72. The highest BCUT2D eigenvalue weighted by atomic mass is 16.6. The summed E-state index contributed by atoms with van der Waals surface area (Å²) >= 11 is 0. The third-order valence-corrected chi connectivity index (χ3v) is 4.84. The van der Waals surface area contributed by atoms with Crippen LogP contribution >= 0.6 is 0 Å². The highest BCUT2D eigenvalue weighted by Crippen LogP contribution is 2.46. The van der Waals surface area contributed by atoms with Crippen molar-refractivity contribution >= 4 is 22.9 Å². The Kier molecular flexibility index (Phi) is 5.16. The fourth-order valence-electron chi connectivity index (χ4n) is 3.72. The van der Waals surface area contributed by atoms with Crippen LogP contribution in [0.1, 0.15) is 30.9 Å². The zero-order valence-electron chi connectivity index (χ0n) is 15.4. The third kappa shape index (κ3) is 3.38. The van der Waals surface area contributed by atoms with Crippen LogP contribution in [0, 0.1) is 16.0 Å². The first-order valence-corrected chi connectivity index (χ1v) is 8.58. The molecule has 1 heterocycles. The van der Waals surface area contributed by atoms with Gasteiger partial charge >= 0.3 is 5.97 Å². The molecular weight excluding hydrogens is 344 g/mol. The number of nitro groups is 1. The van der Waals surface area contributed by atoms with Gasteiger partial charge in [-0.1, -0.05) is 48.5 Å². The van der Waals surface area contributed by atoms with Gasteiger partial charge in [0, 0.05) is 29.0 Å². The van der Waals surface area contributed by atoms with E-state index in [0.717, 1.165) is 16.8 Å². The average molecular weight is 364 g/mol. The molecule has 2 aromatic rings. The Morgan fingerprint density at radius 3 is 2.33 bits per heavy atom. The van der Waals surface area contributed by atoms with E-state index in [1.54, 1.807) is 25.1 Å². The van der Waals surface area contributed by atoms with Gasteiger partial charge in [-0.25, -0.2) is 0 Å². The number of carbonyl (C=O) groups is 1. The van der Waals surface area contributed by atoms with Gasteiger partial charge in [0.25, 0.3) is 5.69 Å². The Labute approximate surface area is 157 Å². The Bertz CT molecular complexity index is 948. The van der Waals surface area contributed by atoms with Gasteiger partial charge < -0.3 is 4.74 Å². The number of methoxy groups -OCH3 is 1. The molecule has 0 spiro atoms. The van der Waals surface area contributed by atoms with Crippen LogP contribution in [0.15, 0.2) is 65.3 Å². The monoisotopic (exact) mass is 364 g/mol. The summed E-state index contributed by atoms with van der Waals surface area (Å²) in [5.41, 5.74) is 3.45. The molecule has 0 saturated carbocycles. The minimum absolute atomic E-state index is 0.0210. The molecule has 6 heteroatoms. The van der Waals surface area contributed by atoms with Gasteiger partial charge in [0.05, 0.1) is 12.0 Å². The molecule has 6 nitrogen and oxygen atoms in total. The smallest absolute Gasteiger partial charge is 0.315 e. The number of nitrogens with zero attached hydrogens (tertiary/aromatic N) is 2. The zero-order valence-corrected chi connectivity index (χ0v) is 15.4. The minimum atomic E-state index is -0.727. The molecule has 138 valence electrons. The second-order valence-corrected chi connectivity index (χ2v) is 6.41. The molecule has 2 aromatic carbocycles. The number of aliphatic imine (C=N–C) groups is 1. The van der Waals surface area contributed by atoms with E-state index in [9.17, 15) is 14.9 Å². The van der Waals surface area contributed by atoms with Gasteiger partial charge in [-0.15, -0.1) is 0 Å². The van der Waals surface area contributed by atoms with Crippen LogP contribution in [0.4, 0.5) is 5.69 Å². The lowest BCUT2D eigenvalue weighted by Crippen LogP contribution is -2.33. The van der Waals surface area contributed by atoms with Crippen LogP contribution in [0.25, 0.3) is 5.57 Å². The molecule has 0 aliphatic carbocycles. The largest absolute Gasteiger partial charge is 0.468 e. The van der Waals surface area contributed by atoms with E-state index in [1.165, 1.54) is 13.2 Å². The normalized spacial score (nSPS) is 19.4. The Morgan fingerprint density at radius 1 is 1.07 bits per heavy atom. The van der Waals surface area contributed by atoms with E-state index in [4.69, 9.17) is 4.74 Å². The molecule has 2 atom stereocenters. The molecule has 1 aliphatic heterocycles. The second kappa shape index (κ2) is 7.53. The number of ether oxygens (including phenoxy) is 1. The van der Waals surface area contributed by atoms with Gasteiger partial charge in [-0.3, -0.25) is 19.9 Å². The summed E-state index contributed by atoms with van der Waals surface area (Å²) in [6.07, 6.45) is 0. The van der Waals surface area contributed by atoms with E-state index >= 15 is 0 Å². The van der Waals surface area contributed by atoms with Gasteiger partial charge in [0.1, 0.15) is 5.92 Å². The van der Waals surface area contributed by atoms with Crippen LogP contribution in [0.3, 0.4) is 0 Å². The maximum absolute atomic E-state index is 12.6. The molecule has 0 aromatic heterocycles. The minimum Gasteiger partial charge on any atom is -0.468 e. The number of benzene rings is 2. The molecule has 0 amide bonds. The van der Waals surface area contributed by atoms with Crippen molar-refractivity contribution < 1.29 is 14.5 Å². The Morgan fingerprint density at radius 2 is 1.70 bits per heavy atom. The Hall–Kier alpha value is -3.28. The van der Waals surface area contributed by atoms with Crippen LogP contribution in [0.2, 0.25) is 0 Å². The molecule has 0 bridgehead atoms. The number of allylic oxidation sites excluding steroid dienone is 2. The van der Waals surface area contributed by atoms with Crippen molar-refractivity contribution in [3.8, 4) is 0 Å². The molecule has 27 heavy (non-hydrogen) atoms. The van der Waals surface area contributed by atoms with Gasteiger partial charge in [0.2, 0.25) is 0 Å². The SMILES string of the molecule is COC(=O)C1C(C)=NC(C)=C(c2ccccc2)C1c1ccccc1[N+](=O)[O-]. The van der Waals surface area contributed by atoms with E-state index in [1.807, 2.05) is 37.3 Å². The summed E-state index contributed by atoms with van der Waals surface area (Å²) in [5, 5.41) is 11.7. The topological polar surface area (TPSA) is 81.8 Å². The quantitative estimate of drug-likeness (QED) is 0.458. The van der Waals surface area contributed by atoms with Crippen LogP contribution < -0.4 is 0 Å². The fraction of sp³-hybridized carbons (Fsp3) is 0.238. The van der Waals surface area contributed by atoms with Crippen molar-refractivity contribution in [2.75, 3.05) is 7.11 Å². The van der Waals surface area contributed by atoms with Crippen LogP contribution in [-0.4, -0.2) is 23.7 Å². The van der Waals surface area contributed by atoms with E-state index < -0.39 is 22.7 Å². The lowest BCUT2D eigenvalue weighted by Gasteiger charge is -2.32. The van der Waals surface area contributed by atoms with Gasteiger partial charge in [0.15, 0.2) is 0 Å². The predicted molar refractivity (Wildman–Crippen MR) is 103 cm³/mol. The van der Waals surface area contributed by atoms with Crippen LogP contribution in [-0.2, 0) is 9.53 Å². The summed E-state index contributed by atoms with van der Waals surface area (Å²) in [7, 11) is 1.32. The first-order valence-electron chi connectivity index (χ1n) is 8.58. The summed E-state index contributed by atoms with van der Waals surface area (Å²) in [5.74, 6) is -1.74. The molecule has 3 rings (SSSR count). The van der Waals surface area contributed by atoms with E-state index in [2.05, 4.69) is 4.99 Å². The summed E-state index contributed by atoms with van der Waals surface area (Å²) in [4.78, 5) is 28.4.